The molecule has 0 aliphatic carbocycles. The zero-order chi connectivity index (χ0) is 14.0. The Morgan fingerprint density at radius 2 is 2.11 bits per heavy atom. The van der Waals surface area contributed by atoms with Gasteiger partial charge in [0, 0.05) is 0 Å². The first-order valence-corrected chi connectivity index (χ1v) is 6.11. The van der Waals surface area contributed by atoms with Gasteiger partial charge in [0.05, 0.1) is 11.4 Å². The number of hydrogen-bond acceptors (Lipinski definition) is 2. The molecule has 0 unspecified atom stereocenters. The van der Waals surface area contributed by atoms with Gasteiger partial charge in [-0.25, -0.2) is 0 Å². The quantitative estimate of drug-likeness (QED) is 0.759. The molecule has 3 heteroatoms. The predicted molar refractivity (Wildman–Crippen MR) is 77.4 cm³/mol. The minimum atomic E-state index is -0.166. The molecule has 0 atom stereocenters. The van der Waals surface area contributed by atoms with E-state index in [1.54, 1.807) is 17.1 Å². The number of carbonyl (C=O) groups is 1. The third kappa shape index (κ3) is 2.19. The van der Waals surface area contributed by atoms with E-state index < -0.39 is 0 Å². The maximum Gasteiger partial charge on any atom is 0.254 e. The number of benzene rings is 1. The summed E-state index contributed by atoms with van der Waals surface area (Å²) in [5.41, 5.74) is 3.71. The molecular weight excluding hydrogens is 238 g/mol. The molecule has 1 amide bonds. The molecule has 0 bridgehead atoms. The number of allylic oxidation sites excluding steroid dienone is 2. The van der Waals surface area contributed by atoms with Crippen LogP contribution in [0.25, 0.3) is 0 Å². The lowest BCUT2D eigenvalue weighted by atomic mass is 10.1. The molecule has 19 heavy (non-hydrogen) atoms. The third-order valence-corrected chi connectivity index (χ3v) is 3.25. The predicted octanol–water partition coefficient (Wildman–Crippen LogP) is 3.28. The van der Waals surface area contributed by atoms with Crippen LogP contribution in [-0.2, 0) is 4.79 Å². The number of ether oxygens (including phenoxy) is 1. The van der Waals surface area contributed by atoms with Gasteiger partial charge in [-0.2, -0.15) is 0 Å². The molecule has 0 spiro atoms. The van der Waals surface area contributed by atoms with Crippen molar-refractivity contribution < 1.29 is 9.53 Å². The number of rotatable bonds is 2. The highest BCUT2D eigenvalue weighted by molar-refractivity contribution is 6.05. The second-order valence-electron chi connectivity index (χ2n) is 4.42. The number of nitrogens with zero attached hydrogens (tertiary/aromatic N) is 1. The maximum atomic E-state index is 12.1. The normalized spacial score (nSPS) is 15.7. The summed E-state index contributed by atoms with van der Waals surface area (Å²) in [5.74, 6) is 0.595. The van der Waals surface area contributed by atoms with Gasteiger partial charge >= 0.3 is 0 Å². The Hall–Kier alpha value is -2.29. The van der Waals surface area contributed by atoms with Crippen LogP contribution in [0.1, 0.15) is 11.1 Å². The Bertz CT molecular complexity index is 585. The van der Waals surface area contributed by atoms with Crippen LogP contribution in [0, 0.1) is 13.8 Å². The smallest absolute Gasteiger partial charge is 0.254 e. The van der Waals surface area contributed by atoms with E-state index in [1.807, 2.05) is 26.0 Å². The lowest BCUT2D eigenvalue weighted by Gasteiger charge is -2.32. The van der Waals surface area contributed by atoms with E-state index in [0.717, 1.165) is 28.3 Å². The average molecular weight is 255 g/mol. The van der Waals surface area contributed by atoms with Gasteiger partial charge in [-0.1, -0.05) is 25.3 Å². The molecule has 1 heterocycles. The van der Waals surface area contributed by atoms with Crippen molar-refractivity contribution in [3.8, 4) is 5.75 Å². The topological polar surface area (TPSA) is 29.5 Å². The average Bonchev–Trinajstić information content (AvgIpc) is 2.42. The van der Waals surface area contributed by atoms with Gasteiger partial charge in [-0.15, -0.1) is 0 Å². The van der Waals surface area contributed by atoms with Gasteiger partial charge in [-0.3, -0.25) is 9.69 Å². The second-order valence-corrected chi connectivity index (χ2v) is 4.42. The number of carbonyl (C=O) groups excluding carboxylic acids is 1. The van der Waals surface area contributed by atoms with Crippen molar-refractivity contribution in [2.75, 3.05) is 11.5 Å². The van der Waals surface area contributed by atoms with Crippen molar-refractivity contribution in [2.45, 2.75) is 13.8 Å². The zero-order valence-electron chi connectivity index (χ0n) is 11.3. The largest absolute Gasteiger partial charge is 0.485 e. The minimum Gasteiger partial charge on any atom is -0.485 e. The highest BCUT2D eigenvalue weighted by Crippen LogP contribution is 2.39. The van der Waals surface area contributed by atoms with E-state index in [9.17, 15) is 4.79 Å². The molecular formula is C16H17NO2. The molecule has 1 aromatic rings. The van der Waals surface area contributed by atoms with E-state index >= 15 is 0 Å². The minimum absolute atomic E-state index is 0.166. The van der Waals surface area contributed by atoms with Crippen LogP contribution in [0.15, 0.2) is 49.2 Å². The van der Waals surface area contributed by atoms with Crippen molar-refractivity contribution in [3.63, 3.8) is 0 Å². The van der Waals surface area contributed by atoms with E-state index in [0.29, 0.717) is 6.61 Å². The fourth-order valence-corrected chi connectivity index (χ4v) is 2.11. The summed E-state index contributed by atoms with van der Waals surface area (Å²) >= 11 is 0. The fourth-order valence-electron chi connectivity index (χ4n) is 2.11. The summed E-state index contributed by atoms with van der Waals surface area (Å²) < 4.78 is 5.78. The first-order valence-electron chi connectivity index (χ1n) is 6.11. The Morgan fingerprint density at radius 3 is 2.74 bits per heavy atom. The van der Waals surface area contributed by atoms with Gasteiger partial charge in [0.1, 0.15) is 12.4 Å². The Balaban J connectivity index is 2.62. The van der Waals surface area contributed by atoms with Gasteiger partial charge < -0.3 is 4.74 Å². The molecule has 2 rings (SSSR count). The van der Waals surface area contributed by atoms with E-state index in [4.69, 9.17) is 4.74 Å². The Kier molecular flexibility index (Phi) is 3.56. The summed E-state index contributed by atoms with van der Waals surface area (Å²) in [6, 6.07) is 3.88. The van der Waals surface area contributed by atoms with Crippen LogP contribution in [0.5, 0.6) is 5.75 Å². The van der Waals surface area contributed by atoms with Crippen LogP contribution >= 0.6 is 0 Å². The zero-order valence-corrected chi connectivity index (χ0v) is 11.3. The summed E-state index contributed by atoms with van der Waals surface area (Å²) in [7, 11) is 0. The number of hydrogen-bond donors (Lipinski definition) is 0. The maximum absolute atomic E-state index is 12.1. The molecule has 1 aliphatic rings. The molecule has 1 aliphatic heterocycles. The van der Waals surface area contributed by atoms with E-state index in [1.165, 1.54) is 6.08 Å². The molecule has 0 N–H and O–H groups in total. The molecule has 1 aromatic carbocycles. The number of fused-ring (bicyclic) bond motifs is 1. The summed E-state index contributed by atoms with van der Waals surface area (Å²) in [4.78, 5) is 13.7. The van der Waals surface area contributed by atoms with Crippen LogP contribution in [0.3, 0.4) is 0 Å². The standard InChI is InChI=1S/C16H17NO2/c1-5-7-13-10-19-16-12(4)11(3)8-9-14(16)17(13)15(18)6-2/h5-9H,1-2,10H2,3-4H3/b13-7-. The highest BCUT2D eigenvalue weighted by atomic mass is 16.5. The van der Waals surface area contributed by atoms with Gasteiger partial charge in [-0.05, 0) is 43.2 Å². The van der Waals surface area contributed by atoms with Crippen LogP contribution in [0.4, 0.5) is 5.69 Å². The van der Waals surface area contributed by atoms with Crippen LogP contribution in [0.2, 0.25) is 0 Å². The lowest BCUT2D eigenvalue weighted by Crippen LogP contribution is -2.35. The summed E-state index contributed by atoms with van der Waals surface area (Å²) in [5, 5.41) is 0. The lowest BCUT2D eigenvalue weighted by molar-refractivity contribution is -0.113. The number of aryl methyl sites for hydroxylation is 1. The van der Waals surface area contributed by atoms with Gasteiger partial charge in [0.15, 0.2) is 0 Å². The second kappa shape index (κ2) is 5.14. The highest BCUT2D eigenvalue weighted by Gasteiger charge is 2.27. The molecule has 0 saturated heterocycles. The molecule has 0 aromatic heterocycles. The van der Waals surface area contributed by atoms with Crippen molar-refractivity contribution in [3.05, 3.63) is 60.3 Å². The van der Waals surface area contributed by atoms with Gasteiger partial charge in [0.25, 0.3) is 5.91 Å². The molecule has 0 radical (unpaired) electrons. The number of anilines is 1. The molecule has 0 fully saturated rings. The molecule has 98 valence electrons. The molecule has 3 nitrogen and oxygen atoms in total. The SMILES string of the molecule is C=C/C=C1/COc2c(ccc(C)c2C)N1C(=O)C=C. The summed E-state index contributed by atoms with van der Waals surface area (Å²) in [6.45, 7) is 11.6. The first-order chi connectivity index (χ1) is 9.10. The third-order valence-electron chi connectivity index (χ3n) is 3.25. The van der Waals surface area contributed by atoms with Crippen LogP contribution in [-0.4, -0.2) is 12.5 Å². The van der Waals surface area contributed by atoms with Crippen molar-refractivity contribution in [2.24, 2.45) is 0 Å². The molecule has 0 saturated carbocycles. The monoisotopic (exact) mass is 255 g/mol. The summed E-state index contributed by atoms with van der Waals surface area (Å²) in [6.07, 6.45) is 4.73. The fraction of sp³-hybridized carbons (Fsp3) is 0.188. The van der Waals surface area contributed by atoms with E-state index in [2.05, 4.69) is 13.2 Å². The first kappa shape index (κ1) is 13.1. The van der Waals surface area contributed by atoms with Crippen molar-refractivity contribution >= 4 is 11.6 Å². The van der Waals surface area contributed by atoms with Gasteiger partial charge in [0.2, 0.25) is 0 Å². The number of amides is 1. The van der Waals surface area contributed by atoms with Crippen molar-refractivity contribution in [1.82, 2.24) is 0 Å². The van der Waals surface area contributed by atoms with Crippen LogP contribution < -0.4 is 9.64 Å². The Morgan fingerprint density at radius 1 is 1.37 bits per heavy atom. The van der Waals surface area contributed by atoms with E-state index in [-0.39, 0.29) is 5.91 Å². The Labute approximate surface area is 113 Å². The van der Waals surface area contributed by atoms with Crippen molar-refractivity contribution in [1.29, 1.82) is 0 Å².